The first-order valence-corrected chi connectivity index (χ1v) is 13.9. The number of allylic oxidation sites excluding steroid dienone is 1. The van der Waals surface area contributed by atoms with Crippen molar-refractivity contribution >= 4 is 23.4 Å². The molecule has 2 aromatic carbocycles. The summed E-state index contributed by atoms with van der Waals surface area (Å²) in [6.45, 7) is 10.5. The monoisotopic (exact) mass is 534 g/mol. The Morgan fingerprint density at radius 1 is 1.13 bits per heavy atom. The second-order valence-corrected chi connectivity index (χ2v) is 10.4. The van der Waals surface area contributed by atoms with Gasteiger partial charge >= 0.3 is 5.97 Å². The van der Waals surface area contributed by atoms with Crippen molar-refractivity contribution in [1.29, 1.82) is 0 Å². The Hall–Kier alpha value is -3.65. The van der Waals surface area contributed by atoms with E-state index in [0.717, 1.165) is 12.0 Å². The van der Waals surface area contributed by atoms with E-state index in [1.807, 2.05) is 38.1 Å². The van der Waals surface area contributed by atoms with E-state index < -0.39 is 12.0 Å². The Morgan fingerprint density at radius 3 is 2.50 bits per heavy atom. The summed E-state index contributed by atoms with van der Waals surface area (Å²) in [4.78, 5) is 32.5. The predicted octanol–water partition coefficient (Wildman–Crippen LogP) is 4.81. The fraction of sp³-hybridized carbons (Fsp3) is 0.367. The van der Waals surface area contributed by atoms with Crippen LogP contribution < -0.4 is 19.6 Å². The Morgan fingerprint density at radius 2 is 1.87 bits per heavy atom. The second kappa shape index (κ2) is 11.8. The number of carbonyl (C=O) groups excluding carboxylic acids is 1. The molecule has 0 fully saturated rings. The summed E-state index contributed by atoms with van der Waals surface area (Å²) in [6, 6.07) is 12.4. The summed E-state index contributed by atoms with van der Waals surface area (Å²) in [5.74, 6) is 0.297. The van der Waals surface area contributed by atoms with Gasteiger partial charge in [0.15, 0.2) is 16.3 Å². The van der Waals surface area contributed by atoms with Gasteiger partial charge in [0.1, 0.15) is 0 Å². The number of rotatable bonds is 9. The number of aromatic hydroxyl groups is 1. The minimum Gasteiger partial charge on any atom is -0.504 e. The van der Waals surface area contributed by atoms with Gasteiger partial charge in [-0.3, -0.25) is 9.36 Å². The number of hydrogen-bond donors (Lipinski definition) is 1. The first-order chi connectivity index (χ1) is 18.3. The fourth-order valence-corrected chi connectivity index (χ4v) is 5.56. The van der Waals surface area contributed by atoms with E-state index in [1.165, 1.54) is 16.9 Å². The molecule has 1 N–H and O–H groups in total. The molecule has 3 aromatic rings. The van der Waals surface area contributed by atoms with E-state index in [1.54, 1.807) is 35.8 Å². The minimum atomic E-state index is -0.644. The maximum absolute atomic E-state index is 13.9. The van der Waals surface area contributed by atoms with E-state index in [0.29, 0.717) is 50.9 Å². The van der Waals surface area contributed by atoms with Crippen LogP contribution in [-0.2, 0) is 9.53 Å². The highest BCUT2D eigenvalue weighted by atomic mass is 32.1. The quantitative estimate of drug-likeness (QED) is 0.398. The first kappa shape index (κ1) is 27.4. The highest BCUT2D eigenvalue weighted by molar-refractivity contribution is 7.07. The highest BCUT2D eigenvalue weighted by Crippen LogP contribution is 2.33. The van der Waals surface area contributed by atoms with Crippen molar-refractivity contribution in [3.8, 4) is 11.5 Å². The fourth-order valence-electron chi connectivity index (χ4n) is 4.54. The van der Waals surface area contributed by atoms with Crippen molar-refractivity contribution in [3.05, 3.63) is 90.1 Å². The SMILES string of the molecule is CCCC1=C(C(=O)OCC)[C@@H](c2ccc(C(C)C)cc2)n2c(s/c(=C\c3ccc(O)c(OCC)c3)c2=O)=N1. The van der Waals surface area contributed by atoms with Crippen molar-refractivity contribution < 1.29 is 19.4 Å². The van der Waals surface area contributed by atoms with Gasteiger partial charge in [0.2, 0.25) is 0 Å². The molecule has 2 heterocycles. The lowest BCUT2D eigenvalue weighted by molar-refractivity contribution is -0.139. The molecule has 1 aliphatic rings. The van der Waals surface area contributed by atoms with Crippen molar-refractivity contribution in [2.24, 2.45) is 4.99 Å². The van der Waals surface area contributed by atoms with Gasteiger partial charge in [0, 0.05) is 0 Å². The third-order valence-electron chi connectivity index (χ3n) is 6.39. The van der Waals surface area contributed by atoms with E-state index in [9.17, 15) is 14.7 Å². The van der Waals surface area contributed by atoms with E-state index in [-0.39, 0.29) is 17.9 Å². The van der Waals surface area contributed by atoms with Crippen LogP contribution >= 0.6 is 11.3 Å². The summed E-state index contributed by atoms with van der Waals surface area (Å²) < 4.78 is 13.0. The molecule has 0 amide bonds. The van der Waals surface area contributed by atoms with Gasteiger partial charge in [-0.15, -0.1) is 0 Å². The van der Waals surface area contributed by atoms with Crippen LogP contribution in [0.1, 0.15) is 76.1 Å². The molecule has 0 spiro atoms. The number of nitrogens with zero attached hydrogens (tertiary/aromatic N) is 2. The number of ether oxygens (including phenoxy) is 2. The molecule has 38 heavy (non-hydrogen) atoms. The van der Waals surface area contributed by atoms with Crippen LogP contribution in [0.4, 0.5) is 0 Å². The largest absolute Gasteiger partial charge is 0.504 e. The molecule has 0 aliphatic carbocycles. The Balaban J connectivity index is 1.95. The molecule has 0 saturated heterocycles. The van der Waals surface area contributed by atoms with Gasteiger partial charge in [-0.1, -0.05) is 68.9 Å². The zero-order chi connectivity index (χ0) is 27.4. The number of benzene rings is 2. The maximum Gasteiger partial charge on any atom is 0.338 e. The Labute approximate surface area is 226 Å². The Kier molecular flexibility index (Phi) is 8.52. The molecule has 200 valence electrons. The Bertz CT molecular complexity index is 1530. The number of phenols is 1. The minimum absolute atomic E-state index is 0.0404. The summed E-state index contributed by atoms with van der Waals surface area (Å²) in [7, 11) is 0. The number of hydrogen-bond acceptors (Lipinski definition) is 7. The highest BCUT2D eigenvalue weighted by Gasteiger charge is 2.34. The van der Waals surface area contributed by atoms with Gasteiger partial charge in [-0.2, -0.15) is 0 Å². The van der Waals surface area contributed by atoms with Crippen LogP contribution in [-0.4, -0.2) is 28.9 Å². The normalized spacial score (nSPS) is 15.4. The van der Waals surface area contributed by atoms with Crippen LogP contribution in [0.15, 0.2) is 63.5 Å². The topological polar surface area (TPSA) is 90.1 Å². The van der Waals surface area contributed by atoms with Crippen molar-refractivity contribution in [3.63, 3.8) is 0 Å². The van der Waals surface area contributed by atoms with E-state index in [4.69, 9.17) is 14.5 Å². The van der Waals surface area contributed by atoms with Gasteiger partial charge < -0.3 is 14.6 Å². The van der Waals surface area contributed by atoms with E-state index >= 15 is 0 Å². The van der Waals surface area contributed by atoms with Gasteiger partial charge in [-0.05, 0) is 61.1 Å². The standard InChI is InChI=1S/C30H34N2O5S/c1-6-9-22-26(29(35)37-8-3)27(21-13-11-20(12-14-21)18(4)5)32-28(34)25(38-30(32)31-22)17-19-10-15-23(33)24(16-19)36-7-2/h10-18,27,33H,6-9H2,1-5H3/b25-17-/t27-/m1/s1. The number of aromatic nitrogens is 1. The van der Waals surface area contributed by atoms with Gasteiger partial charge in [0.05, 0.1) is 35.1 Å². The van der Waals surface area contributed by atoms with Crippen LogP contribution in [0.3, 0.4) is 0 Å². The maximum atomic E-state index is 13.9. The molecule has 0 radical (unpaired) electrons. The molecule has 0 saturated carbocycles. The van der Waals surface area contributed by atoms with Crippen LogP contribution in [0, 0.1) is 0 Å². The summed E-state index contributed by atoms with van der Waals surface area (Å²) in [5, 5.41) is 10.1. The molecular formula is C30H34N2O5S. The number of esters is 1. The molecule has 1 aromatic heterocycles. The smallest absolute Gasteiger partial charge is 0.338 e. The van der Waals surface area contributed by atoms with Crippen LogP contribution in [0.25, 0.3) is 6.08 Å². The molecule has 0 unspecified atom stereocenters. The summed E-state index contributed by atoms with van der Waals surface area (Å²) in [6.07, 6.45) is 3.15. The van der Waals surface area contributed by atoms with Crippen molar-refractivity contribution in [2.75, 3.05) is 13.2 Å². The third-order valence-corrected chi connectivity index (χ3v) is 7.38. The molecule has 4 rings (SSSR count). The average Bonchev–Trinajstić information content (AvgIpc) is 3.20. The summed E-state index contributed by atoms with van der Waals surface area (Å²) >= 11 is 1.28. The summed E-state index contributed by atoms with van der Waals surface area (Å²) in [5.41, 5.74) is 3.54. The number of thiazole rings is 1. The zero-order valence-electron chi connectivity index (χ0n) is 22.5. The van der Waals surface area contributed by atoms with Crippen LogP contribution in [0.5, 0.6) is 11.5 Å². The molecule has 7 nitrogen and oxygen atoms in total. The van der Waals surface area contributed by atoms with Gasteiger partial charge in [-0.25, -0.2) is 9.79 Å². The predicted molar refractivity (Wildman–Crippen MR) is 149 cm³/mol. The lowest BCUT2D eigenvalue weighted by Crippen LogP contribution is -2.40. The zero-order valence-corrected chi connectivity index (χ0v) is 23.3. The molecule has 0 bridgehead atoms. The molecule has 1 aliphatic heterocycles. The van der Waals surface area contributed by atoms with Crippen LogP contribution in [0.2, 0.25) is 0 Å². The molecular weight excluding hydrogens is 500 g/mol. The lowest BCUT2D eigenvalue weighted by Gasteiger charge is -2.26. The second-order valence-electron chi connectivity index (χ2n) is 9.40. The van der Waals surface area contributed by atoms with Crippen molar-refractivity contribution in [1.82, 2.24) is 4.57 Å². The number of carbonyl (C=O) groups is 1. The van der Waals surface area contributed by atoms with Crippen molar-refractivity contribution in [2.45, 2.75) is 59.4 Å². The van der Waals surface area contributed by atoms with Gasteiger partial charge in [0.25, 0.3) is 5.56 Å². The third kappa shape index (κ3) is 5.45. The molecule has 1 atom stereocenters. The van der Waals surface area contributed by atoms with E-state index in [2.05, 4.69) is 13.8 Å². The molecule has 8 heteroatoms. The number of phenolic OH excluding ortho intramolecular Hbond substituents is 1. The first-order valence-electron chi connectivity index (χ1n) is 13.1. The number of fused-ring (bicyclic) bond motifs is 1. The lowest BCUT2D eigenvalue weighted by atomic mass is 9.92. The average molecular weight is 535 g/mol.